The summed E-state index contributed by atoms with van der Waals surface area (Å²) in [6, 6.07) is 13.4. The van der Waals surface area contributed by atoms with Gasteiger partial charge in [0.15, 0.2) is 0 Å². The van der Waals surface area contributed by atoms with Crippen LogP contribution in [-0.4, -0.2) is 75.5 Å². The zero-order chi connectivity index (χ0) is 20.6. The van der Waals surface area contributed by atoms with Crippen LogP contribution in [0.15, 0.2) is 47.4 Å². The fourth-order valence-electron chi connectivity index (χ4n) is 3.25. The number of methoxy groups -OCH3 is 2. The second-order valence-corrected chi connectivity index (χ2v) is 7.64. The molecule has 0 saturated carbocycles. The highest BCUT2D eigenvalue weighted by atomic mass is 32.2. The molecule has 6 nitrogen and oxygen atoms in total. The van der Waals surface area contributed by atoms with Gasteiger partial charge in [-0.1, -0.05) is 0 Å². The van der Waals surface area contributed by atoms with Crippen LogP contribution in [-0.2, 0) is 0 Å². The lowest BCUT2D eigenvalue weighted by molar-refractivity contribution is 0.0619. The number of hydrogen-bond donors (Lipinski definition) is 0. The van der Waals surface area contributed by atoms with Crippen molar-refractivity contribution in [1.82, 2.24) is 9.80 Å². The minimum absolute atomic E-state index is 0.00647. The largest absolute Gasteiger partial charge is 0.497 e. The average molecular weight is 417 g/mol. The van der Waals surface area contributed by atoms with E-state index in [-0.39, 0.29) is 5.91 Å². The smallest absolute Gasteiger partial charge is 0.254 e. The summed E-state index contributed by atoms with van der Waals surface area (Å²) in [5.74, 6) is 2.14. The number of carbonyl (C=O) groups excluding carboxylic acids is 1. The zero-order valence-corrected chi connectivity index (χ0v) is 18.0. The van der Waals surface area contributed by atoms with Gasteiger partial charge >= 0.3 is 0 Å². The van der Waals surface area contributed by atoms with Gasteiger partial charge in [0, 0.05) is 49.2 Å². The third-order valence-corrected chi connectivity index (χ3v) is 5.74. The summed E-state index contributed by atoms with van der Waals surface area (Å²) in [6.45, 7) is 4.55. The van der Waals surface area contributed by atoms with Crippen LogP contribution in [0, 0.1) is 0 Å². The van der Waals surface area contributed by atoms with Gasteiger partial charge in [0.2, 0.25) is 0 Å². The van der Waals surface area contributed by atoms with E-state index in [4.69, 9.17) is 14.2 Å². The van der Waals surface area contributed by atoms with Crippen LogP contribution < -0.4 is 14.2 Å². The molecule has 0 radical (unpaired) electrons. The molecule has 0 unspecified atom stereocenters. The van der Waals surface area contributed by atoms with E-state index in [1.54, 1.807) is 44.2 Å². The fourth-order valence-corrected chi connectivity index (χ4v) is 3.66. The molecule has 0 aliphatic carbocycles. The molecule has 0 spiro atoms. The first-order valence-corrected chi connectivity index (χ1v) is 10.9. The second kappa shape index (κ2) is 10.4. The van der Waals surface area contributed by atoms with Crippen molar-refractivity contribution in [2.75, 3.05) is 59.8 Å². The number of thioether (sulfide) groups is 1. The van der Waals surface area contributed by atoms with Gasteiger partial charge in [0.1, 0.15) is 23.9 Å². The van der Waals surface area contributed by atoms with E-state index >= 15 is 0 Å². The molecule has 1 amide bonds. The maximum Gasteiger partial charge on any atom is 0.254 e. The van der Waals surface area contributed by atoms with Crippen LogP contribution in [0.25, 0.3) is 0 Å². The SMILES string of the molecule is COc1cc(OC)cc(C(=O)N2CCN(CCOc3ccc(SC)cc3)CC2)c1. The zero-order valence-electron chi connectivity index (χ0n) is 17.2. The van der Waals surface area contributed by atoms with E-state index in [0.717, 1.165) is 25.4 Å². The van der Waals surface area contributed by atoms with Crippen LogP contribution in [0.5, 0.6) is 17.2 Å². The molecule has 3 rings (SSSR count). The van der Waals surface area contributed by atoms with Crippen molar-refractivity contribution in [3.63, 3.8) is 0 Å². The molecule has 1 aliphatic heterocycles. The number of carbonyl (C=O) groups is 1. The van der Waals surface area contributed by atoms with Crippen LogP contribution in [0.2, 0.25) is 0 Å². The lowest BCUT2D eigenvalue weighted by Crippen LogP contribution is -2.49. The van der Waals surface area contributed by atoms with Crippen molar-refractivity contribution in [3.05, 3.63) is 48.0 Å². The minimum Gasteiger partial charge on any atom is -0.497 e. The van der Waals surface area contributed by atoms with E-state index < -0.39 is 0 Å². The third-order valence-electron chi connectivity index (χ3n) is 4.99. The highest BCUT2D eigenvalue weighted by Gasteiger charge is 2.23. The molecule has 0 aromatic heterocycles. The monoisotopic (exact) mass is 416 g/mol. The standard InChI is InChI=1S/C22H28N2O4S/c1-26-19-14-17(15-20(16-19)27-2)22(25)24-10-8-23(9-11-24)12-13-28-18-4-6-21(29-3)7-5-18/h4-7,14-16H,8-13H2,1-3H3. The topological polar surface area (TPSA) is 51.2 Å². The van der Waals surface area contributed by atoms with Gasteiger partial charge in [0.05, 0.1) is 14.2 Å². The van der Waals surface area contributed by atoms with Crippen LogP contribution in [0.3, 0.4) is 0 Å². The summed E-state index contributed by atoms with van der Waals surface area (Å²) in [6.07, 6.45) is 2.06. The maximum absolute atomic E-state index is 12.9. The molecule has 1 heterocycles. The summed E-state index contributed by atoms with van der Waals surface area (Å²) in [5, 5.41) is 0. The Balaban J connectivity index is 1.46. The highest BCUT2D eigenvalue weighted by molar-refractivity contribution is 7.98. The van der Waals surface area contributed by atoms with Gasteiger partial charge in [-0.2, -0.15) is 0 Å². The maximum atomic E-state index is 12.9. The molecule has 7 heteroatoms. The summed E-state index contributed by atoms with van der Waals surface area (Å²) in [5.41, 5.74) is 0.590. The van der Waals surface area contributed by atoms with Crippen molar-refractivity contribution in [3.8, 4) is 17.2 Å². The van der Waals surface area contributed by atoms with E-state index in [9.17, 15) is 4.79 Å². The van der Waals surface area contributed by atoms with Crippen molar-refractivity contribution < 1.29 is 19.0 Å². The van der Waals surface area contributed by atoms with Gasteiger partial charge in [-0.25, -0.2) is 0 Å². The summed E-state index contributed by atoms with van der Waals surface area (Å²) in [7, 11) is 3.17. The minimum atomic E-state index is 0.00647. The number of piperazine rings is 1. The van der Waals surface area contributed by atoms with Crippen molar-refractivity contribution in [2.45, 2.75) is 4.90 Å². The van der Waals surface area contributed by atoms with Crippen molar-refractivity contribution in [1.29, 1.82) is 0 Å². The lowest BCUT2D eigenvalue weighted by atomic mass is 10.1. The number of rotatable bonds is 8. The van der Waals surface area contributed by atoms with Gasteiger partial charge < -0.3 is 19.1 Å². The Morgan fingerprint density at radius 2 is 1.55 bits per heavy atom. The second-order valence-electron chi connectivity index (χ2n) is 6.76. The molecule has 1 saturated heterocycles. The van der Waals surface area contributed by atoms with Crippen LogP contribution >= 0.6 is 11.8 Å². The van der Waals surface area contributed by atoms with Crippen LogP contribution in [0.4, 0.5) is 0 Å². The van der Waals surface area contributed by atoms with E-state index in [1.165, 1.54) is 4.90 Å². The first kappa shape index (κ1) is 21.3. The van der Waals surface area contributed by atoms with Gasteiger partial charge in [-0.05, 0) is 42.7 Å². The molecule has 156 valence electrons. The molecular weight excluding hydrogens is 388 g/mol. The number of benzene rings is 2. The normalized spacial score (nSPS) is 14.5. The number of hydrogen-bond acceptors (Lipinski definition) is 6. The molecule has 0 N–H and O–H groups in total. The third kappa shape index (κ3) is 5.81. The Hall–Kier alpha value is -2.38. The first-order valence-electron chi connectivity index (χ1n) is 9.64. The highest BCUT2D eigenvalue weighted by Crippen LogP contribution is 2.24. The number of nitrogens with zero attached hydrogens (tertiary/aromatic N) is 2. The molecule has 2 aromatic carbocycles. The van der Waals surface area contributed by atoms with Gasteiger partial charge in [-0.15, -0.1) is 11.8 Å². The van der Waals surface area contributed by atoms with Gasteiger partial charge in [0.25, 0.3) is 5.91 Å². The van der Waals surface area contributed by atoms with E-state index in [2.05, 4.69) is 23.3 Å². The van der Waals surface area contributed by atoms with Crippen LogP contribution in [0.1, 0.15) is 10.4 Å². The molecule has 1 fully saturated rings. The Morgan fingerprint density at radius 1 is 0.931 bits per heavy atom. The number of amides is 1. The Bertz CT molecular complexity index is 783. The quantitative estimate of drug-likeness (QED) is 0.616. The van der Waals surface area contributed by atoms with E-state index in [0.29, 0.717) is 36.8 Å². The molecule has 29 heavy (non-hydrogen) atoms. The van der Waals surface area contributed by atoms with Crippen molar-refractivity contribution >= 4 is 17.7 Å². The molecule has 1 aliphatic rings. The predicted octanol–water partition coefficient (Wildman–Crippen LogP) is 3.26. The Morgan fingerprint density at radius 3 is 2.10 bits per heavy atom. The Kier molecular flexibility index (Phi) is 7.66. The van der Waals surface area contributed by atoms with Gasteiger partial charge in [-0.3, -0.25) is 9.69 Å². The lowest BCUT2D eigenvalue weighted by Gasteiger charge is -2.34. The molecule has 2 aromatic rings. The van der Waals surface area contributed by atoms with Crippen molar-refractivity contribution in [2.24, 2.45) is 0 Å². The van der Waals surface area contributed by atoms with E-state index in [1.807, 2.05) is 17.0 Å². The summed E-state index contributed by atoms with van der Waals surface area (Å²) < 4.78 is 16.4. The Labute approximate surface area is 176 Å². The number of ether oxygens (including phenoxy) is 3. The fraction of sp³-hybridized carbons (Fsp3) is 0.409. The molecule has 0 atom stereocenters. The average Bonchev–Trinajstić information content (AvgIpc) is 2.79. The molecule has 0 bridgehead atoms. The first-order chi connectivity index (χ1) is 14.1. The molecular formula is C22H28N2O4S. The predicted molar refractivity (Wildman–Crippen MR) is 116 cm³/mol. The summed E-state index contributed by atoms with van der Waals surface area (Å²) in [4.78, 5) is 18.3. The summed E-state index contributed by atoms with van der Waals surface area (Å²) >= 11 is 1.72.